The number of hydrogen-bond acceptors (Lipinski definition) is 3. The normalized spacial score (nSPS) is 11.1. The molecule has 3 nitrogen and oxygen atoms in total. The molecule has 2 N–H and O–H groups in total. The first-order valence-corrected chi connectivity index (χ1v) is 6.97. The van der Waals surface area contributed by atoms with Crippen molar-refractivity contribution in [3.63, 3.8) is 0 Å². The molecule has 0 spiro atoms. The van der Waals surface area contributed by atoms with Crippen LogP contribution in [0.4, 0.5) is 16.0 Å². The Kier molecular flexibility index (Phi) is 2.83. The van der Waals surface area contributed by atoms with Crippen LogP contribution in [0.25, 0.3) is 11.0 Å². The highest BCUT2D eigenvalue weighted by atomic mass is 79.9. The number of nitrogens with zero attached hydrogens (tertiary/aromatic N) is 1. The van der Waals surface area contributed by atoms with Crippen molar-refractivity contribution in [3.8, 4) is 0 Å². The lowest BCUT2D eigenvalue weighted by Crippen LogP contribution is -1.92. The van der Waals surface area contributed by atoms with Crippen LogP contribution in [-0.2, 0) is 0 Å². The van der Waals surface area contributed by atoms with E-state index in [4.69, 9.17) is 0 Å². The Morgan fingerprint density at radius 1 is 1.44 bits per heavy atom. The minimum atomic E-state index is -0.321. The molecule has 18 heavy (non-hydrogen) atoms. The molecule has 0 bridgehead atoms. The SMILES string of the molecule is Cc1csc(Br)c1Nc1nc2c(F)cccc2[nH]1. The maximum absolute atomic E-state index is 13.5. The number of aromatic amines is 1. The zero-order chi connectivity index (χ0) is 12.7. The molecule has 2 aromatic heterocycles. The van der Waals surface area contributed by atoms with E-state index in [1.807, 2.05) is 12.3 Å². The fourth-order valence-corrected chi connectivity index (χ4v) is 3.16. The van der Waals surface area contributed by atoms with Crippen molar-refractivity contribution in [3.05, 3.63) is 38.7 Å². The van der Waals surface area contributed by atoms with Crippen LogP contribution in [-0.4, -0.2) is 9.97 Å². The highest BCUT2D eigenvalue weighted by Crippen LogP contribution is 2.34. The van der Waals surface area contributed by atoms with Gasteiger partial charge in [-0.2, -0.15) is 0 Å². The van der Waals surface area contributed by atoms with Crippen LogP contribution in [0.2, 0.25) is 0 Å². The Hall–Kier alpha value is -1.40. The molecule has 0 atom stereocenters. The molecule has 0 amide bonds. The van der Waals surface area contributed by atoms with Crippen LogP contribution < -0.4 is 5.32 Å². The second-order valence-corrected chi connectivity index (χ2v) is 6.11. The third-order valence-corrected chi connectivity index (χ3v) is 4.48. The third-order valence-electron chi connectivity index (χ3n) is 2.64. The second kappa shape index (κ2) is 4.37. The van der Waals surface area contributed by atoms with Crippen molar-refractivity contribution in [2.45, 2.75) is 6.92 Å². The van der Waals surface area contributed by atoms with E-state index in [0.717, 1.165) is 15.0 Å². The molecule has 0 fully saturated rings. The van der Waals surface area contributed by atoms with Crippen LogP contribution in [0.3, 0.4) is 0 Å². The number of aryl methyl sites for hydroxylation is 1. The standard InChI is InChI=1S/C12H9BrFN3S/c1-6-5-18-11(13)9(6)16-12-15-8-4-2-3-7(14)10(8)17-12/h2-5H,1H3,(H2,15,16,17). The van der Waals surface area contributed by atoms with Gasteiger partial charge in [0.2, 0.25) is 5.95 Å². The molecule has 0 unspecified atom stereocenters. The topological polar surface area (TPSA) is 40.7 Å². The molecule has 0 aliphatic carbocycles. The van der Waals surface area contributed by atoms with E-state index in [0.29, 0.717) is 17.0 Å². The van der Waals surface area contributed by atoms with Crippen LogP contribution in [0.1, 0.15) is 5.56 Å². The van der Waals surface area contributed by atoms with Crippen LogP contribution in [0.5, 0.6) is 0 Å². The fourth-order valence-electron chi connectivity index (χ4n) is 1.74. The van der Waals surface area contributed by atoms with Gasteiger partial charge >= 0.3 is 0 Å². The molecule has 0 aliphatic rings. The van der Waals surface area contributed by atoms with Gasteiger partial charge in [-0.1, -0.05) is 6.07 Å². The highest BCUT2D eigenvalue weighted by molar-refractivity contribution is 9.11. The lowest BCUT2D eigenvalue weighted by atomic mass is 10.3. The number of anilines is 2. The molecule has 0 aliphatic heterocycles. The molecule has 6 heteroatoms. The number of H-pyrrole nitrogens is 1. The van der Waals surface area contributed by atoms with Gasteiger partial charge in [0, 0.05) is 0 Å². The molecule has 3 rings (SSSR count). The molecular formula is C12H9BrFN3S. The summed E-state index contributed by atoms with van der Waals surface area (Å²) in [4.78, 5) is 7.26. The number of hydrogen-bond donors (Lipinski definition) is 2. The summed E-state index contributed by atoms with van der Waals surface area (Å²) in [7, 11) is 0. The highest BCUT2D eigenvalue weighted by Gasteiger charge is 2.10. The summed E-state index contributed by atoms with van der Waals surface area (Å²) in [6, 6.07) is 4.86. The van der Waals surface area contributed by atoms with E-state index in [1.165, 1.54) is 6.07 Å². The van der Waals surface area contributed by atoms with Crippen molar-refractivity contribution in [2.75, 3.05) is 5.32 Å². The molecule has 0 radical (unpaired) electrons. The summed E-state index contributed by atoms with van der Waals surface area (Å²) in [5.41, 5.74) is 3.11. The summed E-state index contributed by atoms with van der Waals surface area (Å²) in [5.74, 6) is 0.218. The van der Waals surface area contributed by atoms with Gasteiger partial charge in [0.25, 0.3) is 0 Å². The van der Waals surface area contributed by atoms with Crippen molar-refractivity contribution in [1.29, 1.82) is 0 Å². The van der Waals surface area contributed by atoms with Gasteiger partial charge in [-0.25, -0.2) is 9.37 Å². The first-order chi connectivity index (χ1) is 8.65. The van der Waals surface area contributed by atoms with E-state index in [-0.39, 0.29) is 5.82 Å². The van der Waals surface area contributed by atoms with E-state index in [2.05, 4.69) is 31.2 Å². The summed E-state index contributed by atoms with van der Waals surface area (Å²) < 4.78 is 14.5. The molecule has 0 saturated heterocycles. The first kappa shape index (κ1) is 11.7. The van der Waals surface area contributed by atoms with Crippen molar-refractivity contribution < 1.29 is 4.39 Å². The molecular weight excluding hydrogens is 317 g/mol. The first-order valence-electron chi connectivity index (χ1n) is 5.30. The monoisotopic (exact) mass is 325 g/mol. The van der Waals surface area contributed by atoms with Gasteiger partial charge in [0.1, 0.15) is 5.52 Å². The molecule has 0 saturated carbocycles. The predicted molar refractivity (Wildman–Crippen MR) is 76.1 cm³/mol. The van der Waals surface area contributed by atoms with Gasteiger partial charge in [0.15, 0.2) is 5.82 Å². The quantitative estimate of drug-likeness (QED) is 0.724. The average Bonchev–Trinajstić information content (AvgIpc) is 2.89. The van der Waals surface area contributed by atoms with E-state index < -0.39 is 0 Å². The smallest absolute Gasteiger partial charge is 0.205 e. The average molecular weight is 326 g/mol. The molecule has 2 heterocycles. The minimum absolute atomic E-state index is 0.321. The maximum Gasteiger partial charge on any atom is 0.205 e. The van der Waals surface area contributed by atoms with E-state index in [9.17, 15) is 4.39 Å². The lowest BCUT2D eigenvalue weighted by Gasteiger charge is -2.02. The number of fused-ring (bicyclic) bond motifs is 1. The van der Waals surface area contributed by atoms with E-state index >= 15 is 0 Å². The molecule has 92 valence electrons. The summed E-state index contributed by atoms with van der Waals surface area (Å²) >= 11 is 5.07. The van der Waals surface area contributed by atoms with E-state index in [1.54, 1.807) is 23.5 Å². The van der Waals surface area contributed by atoms with Gasteiger partial charge in [-0.3, -0.25) is 0 Å². The Labute approximate surface area is 115 Å². The van der Waals surface area contributed by atoms with Gasteiger partial charge in [-0.05, 0) is 45.9 Å². The van der Waals surface area contributed by atoms with Crippen LogP contribution >= 0.6 is 27.3 Å². The maximum atomic E-state index is 13.5. The number of rotatable bonds is 2. The van der Waals surface area contributed by atoms with Crippen molar-refractivity contribution >= 4 is 49.9 Å². The predicted octanol–water partition coefficient (Wildman–Crippen LogP) is 4.58. The van der Waals surface area contributed by atoms with Crippen LogP contribution in [0.15, 0.2) is 27.4 Å². The Bertz CT molecular complexity index is 700. The molecule has 1 aromatic carbocycles. The van der Waals surface area contributed by atoms with Crippen molar-refractivity contribution in [2.24, 2.45) is 0 Å². The van der Waals surface area contributed by atoms with Gasteiger partial charge in [0.05, 0.1) is 15.0 Å². The number of thiophene rings is 1. The summed E-state index contributed by atoms with van der Waals surface area (Å²) in [6.45, 7) is 2.01. The summed E-state index contributed by atoms with van der Waals surface area (Å²) in [6.07, 6.45) is 0. The second-order valence-electron chi connectivity index (χ2n) is 3.91. The number of imidazole rings is 1. The Balaban J connectivity index is 2.03. The van der Waals surface area contributed by atoms with Gasteiger partial charge in [-0.15, -0.1) is 11.3 Å². The Morgan fingerprint density at radius 3 is 2.94 bits per heavy atom. The number of halogens is 2. The number of benzene rings is 1. The molecule has 3 aromatic rings. The summed E-state index contributed by atoms with van der Waals surface area (Å²) in [5, 5.41) is 5.20. The number of nitrogens with one attached hydrogen (secondary N) is 2. The zero-order valence-electron chi connectivity index (χ0n) is 9.42. The fraction of sp³-hybridized carbons (Fsp3) is 0.0833. The van der Waals surface area contributed by atoms with Crippen molar-refractivity contribution in [1.82, 2.24) is 9.97 Å². The largest absolute Gasteiger partial charge is 0.324 e. The third kappa shape index (κ3) is 1.91. The van der Waals surface area contributed by atoms with Gasteiger partial charge < -0.3 is 10.3 Å². The Morgan fingerprint density at radius 2 is 2.28 bits per heavy atom. The lowest BCUT2D eigenvalue weighted by molar-refractivity contribution is 0.637. The minimum Gasteiger partial charge on any atom is -0.324 e. The number of para-hydroxylation sites is 1. The number of aromatic nitrogens is 2. The van der Waals surface area contributed by atoms with Crippen LogP contribution in [0, 0.1) is 12.7 Å². The zero-order valence-corrected chi connectivity index (χ0v) is 11.8.